The van der Waals surface area contributed by atoms with E-state index in [1.165, 1.54) is 11.5 Å². The van der Waals surface area contributed by atoms with Gasteiger partial charge in [0, 0.05) is 36.9 Å². The number of pyridine rings is 2. The smallest absolute Gasteiger partial charge is 0.147 e. The average molecular weight is 283 g/mol. The van der Waals surface area contributed by atoms with Crippen LogP contribution in [0.4, 0.5) is 10.8 Å². The first-order valence-corrected chi connectivity index (χ1v) is 6.90. The van der Waals surface area contributed by atoms with Crippen molar-refractivity contribution >= 4 is 22.4 Å². The number of nitrogen functional groups attached to an aromatic ring is 1. The molecule has 6 heteroatoms. The van der Waals surface area contributed by atoms with Crippen LogP contribution in [0.15, 0.2) is 49.1 Å². The molecule has 0 bridgehead atoms. The molecule has 0 spiro atoms. The van der Waals surface area contributed by atoms with E-state index in [0.29, 0.717) is 12.4 Å². The molecular formula is C14H13N5S. The molecule has 100 valence electrons. The molecule has 3 heterocycles. The van der Waals surface area contributed by atoms with Crippen LogP contribution in [-0.4, -0.2) is 14.3 Å². The summed E-state index contributed by atoms with van der Waals surface area (Å²) >= 11 is 1.36. The molecule has 0 amide bonds. The van der Waals surface area contributed by atoms with Crippen LogP contribution in [0.2, 0.25) is 0 Å². The molecule has 0 aliphatic heterocycles. The zero-order valence-corrected chi connectivity index (χ0v) is 11.5. The SMILES string of the molecule is Nc1nsc(NCc2ccncc2)c1-c1cccnc1. The van der Waals surface area contributed by atoms with E-state index in [2.05, 4.69) is 19.7 Å². The minimum atomic E-state index is 0.528. The van der Waals surface area contributed by atoms with E-state index in [4.69, 9.17) is 5.73 Å². The fourth-order valence-corrected chi connectivity index (χ4v) is 2.63. The Kier molecular flexibility index (Phi) is 3.56. The zero-order valence-electron chi connectivity index (χ0n) is 10.7. The van der Waals surface area contributed by atoms with Crippen LogP contribution in [0.3, 0.4) is 0 Å². The molecule has 3 aromatic rings. The number of hydrogen-bond donors (Lipinski definition) is 2. The predicted octanol–water partition coefficient (Wildman–Crippen LogP) is 2.79. The molecule has 3 N–H and O–H groups in total. The third kappa shape index (κ3) is 2.60. The lowest BCUT2D eigenvalue weighted by Crippen LogP contribution is -1.99. The summed E-state index contributed by atoms with van der Waals surface area (Å²) in [4.78, 5) is 8.13. The van der Waals surface area contributed by atoms with Crippen LogP contribution < -0.4 is 11.1 Å². The molecule has 3 aromatic heterocycles. The number of aromatic nitrogens is 3. The summed E-state index contributed by atoms with van der Waals surface area (Å²) in [5.74, 6) is 0.528. The van der Waals surface area contributed by atoms with Gasteiger partial charge in [-0.05, 0) is 35.3 Å². The van der Waals surface area contributed by atoms with Crippen molar-refractivity contribution in [2.75, 3.05) is 11.1 Å². The highest BCUT2D eigenvalue weighted by Crippen LogP contribution is 2.36. The van der Waals surface area contributed by atoms with Gasteiger partial charge in [-0.3, -0.25) is 9.97 Å². The van der Waals surface area contributed by atoms with Crippen molar-refractivity contribution in [2.24, 2.45) is 0 Å². The Morgan fingerprint density at radius 1 is 1.10 bits per heavy atom. The fourth-order valence-electron chi connectivity index (χ4n) is 1.90. The van der Waals surface area contributed by atoms with Crippen molar-refractivity contribution < 1.29 is 0 Å². The molecule has 0 unspecified atom stereocenters. The molecule has 20 heavy (non-hydrogen) atoms. The van der Waals surface area contributed by atoms with Gasteiger partial charge in [-0.1, -0.05) is 6.07 Å². The lowest BCUT2D eigenvalue weighted by Gasteiger charge is -2.07. The number of nitrogens with one attached hydrogen (secondary N) is 1. The van der Waals surface area contributed by atoms with Crippen LogP contribution in [0.1, 0.15) is 5.56 Å². The summed E-state index contributed by atoms with van der Waals surface area (Å²) < 4.78 is 4.22. The molecule has 0 saturated carbocycles. The Morgan fingerprint density at radius 2 is 1.95 bits per heavy atom. The minimum Gasteiger partial charge on any atom is -0.382 e. The molecule has 0 saturated heterocycles. The number of nitrogens with zero attached hydrogens (tertiary/aromatic N) is 3. The van der Waals surface area contributed by atoms with Gasteiger partial charge < -0.3 is 11.1 Å². The van der Waals surface area contributed by atoms with Gasteiger partial charge in [0.25, 0.3) is 0 Å². The molecule has 0 atom stereocenters. The second-order valence-electron chi connectivity index (χ2n) is 4.22. The molecule has 0 aromatic carbocycles. The Labute approximate surface area is 120 Å². The molecular weight excluding hydrogens is 270 g/mol. The maximum absolute atomic E-state index is 5.96. The first kappa shape index (κ1) is 12.6. The minimum absolute atomic E-state index is 0.528. The van der Waals surface area contributed by atoms with Crippen LogP contribution in [0.25, 0.3) is 11.1 Å². The Hall–Kier alpha value is -2.47. The summed E-state index contributed by atoms with van der Waals surface area (Å²) in [6.45, 7) is 0.706. The number of hydrogen-bond acceptors (Lipinski definition) is 6. The first-order chi connectivity index (χ1) is 9.84. The molecule has 0 aliphatic rings. The van der Waals surface area contributed by atoms with E-state index in [1.54, 1.807) is 24.8 Å². The highest BCUT2D eigenvalue weighted by Gasteiger charge is 2.13. The van der Waals surface area contributed by atoms with Crippen molar-refractivity contribution in [1.82, 2.24) is 14.3 Å². The summed E-state index contributed by atoms with van der Waals surface area (Å²) in [7, 11) is 0. The molecule has 5 nitrogen and oxygen atoms in total. The normalized spacial score (nSPS) is 10.4. The second-order valence-corrected chi connectivity index (χ2v) is 5.00. The Morgan fingerprint density at radius 3 is 2.70 bits per heavy atom. The monoisotopic (exact) mass is 283 g/mol. The first-order valence-electron chi connectivity index (χ1n) is 6.13. The second kappa shape index (κ2) is 5.66. The molecule has 3 rings (SSSR count). The van der Waals surface area contributed by atoms with Gasteiger partial charge in [-0.15, -0.1) is 0 Å². The standard InChI is InChI=1S/C14H13N5S/c15-13-12(11-2-1-5-17-9-11)14(20-19-13)18-8-10-3-6-16-7-4-10/h1-7,9,18H,8H2,(H2,15,19). The highest BCUT2D eigenvalue weighted by atomic mass is 32.1. The van der Waals surface area contributed by atoms with Gasteiger partial charge in [-0.2, -0.15) is 4.37 Å². The van der Waals surface area contributed by atoms with Crippen LogP contribution >= 0.6 is 11.5 Å². The van der Waals surface area contributed by atoms with Gasteiger partial charge in [0.05, 0.1) is 5.56 Å². The maximum Gasteiger partial charge on any atom is 0.147 e. The van der Waals surface area contributed by atoms with Crippen LogP contribution in [0.5, 0.6) is 0 Å². The summed E-state index contributed by atoms with van der Waals surface area (Å²) in [6.07, 6.45) is 7.08. The number of rotatable bonds is 4. The molecule has 0 fully saturated rings. The van der Waals surface area contributed by atoms with Gasteiger partial charge in [0.15, 0.2) is 0 Å². The van der Waals surface area contributed by atoms with E-state index in [-0.39, 0.29) is 0 Å². The van der Waals surface area contributed by atoms with E-state index < -0.39 is 0 Å². The summed E-state index contributed by atoms with van der Waals surface area (Å²) in [5.41, 5.74) is 9.00. The molecule has 0 aliphatic carbocycles. The van der Waals surface area contributed by atoms with Crippen molar-refractivity contribution in [1.29, 1.82) is 0 Å². The maximum atomic E-state index is 5.96. The molecule has 0 radical (unpaired) electrons. The topological polar surface area (TPSA) is 76.7 Å². The summed E-state index contributed by atoms with van der Waals surface area (Å²) in [5, 5.41) is 4.32. The van der Waals surface area contributed by atoms with E-state index in [1.807, 2.05) is 24.3 Å². The van der Waals surface area contributed by atoms with Gasteiger partial charge in [-0.25, -0.2) is 0 Å². The zero-order chi connectivity index (χ0) is 13.8. The van der Waals surface area contributed by atoms with Crippen LogP contribution in [0, 0.1) is 0 Å². The van der Waals surface area contributed by atoms with Gasteiger partial charge >= 0.3 is 0 Å². The Bertz CT molecular complexity index is 681. The van der Waals surface area contributed by atoms with E-state index >= 15 is 0 Å². The third-order valence-corrected chi connectivity index (χ3v) is 3.69. The number of anilines is 2. The quantitative estimate of drug-likeness (QED) is 0.770. The third-order valence-electron chi connectivity index (χ3n) is 2.87. The predicted molar refractivity (Wildman–Crippen MR) is 81.3 cm³/mol. The lowest BCUT2D eigenvalue weighted by atomic mass is 10.1. The van der Waals surface area contributed by atoms with Crippen molar-refractivity contribution in [3.8, 4) is 11.1 Å². The lowest BCUT2D eigenvalue weighted by molar-refractivity contribution is 1.14. The summed E-state index contributed by atoms with van der Waals surface area (Å²) in [6, 6.07) is 7.81. The van der Waals surface area contributed by atoms with Crippen molar-refractivity contribution in [2.45, 2.75) is 6.54 Å². The Balaban J connectivity index is 1.85. The van der Waals surface area contributed by atoms with E-state index in [9.17, 15) is 0 Å². The van der Waals surface area contributed by atoms with Crippen molar-refractivity contribution in [3.05, 3.63) is 54.6 Å². The van der Waals surface area contributed by atoms with Crippen LogP contribution in [-0.2, 0) is 6.54 Å². The highest BCUT2D eigenvalue weighted by molar-refractivity contribution is 7.11. The fraction of sp³-hybridized carbons (Fsp3) is 0.0714. The van der Waals surface area contributed by atoms with E-state index in [0.717, 1.165) is 21.7 Å². The number of nitrogens with two attached hydrogens (primary N) is 1. The van der Waals surface area contributed by atoms with Gasteiger partial charge in [0.1, 0.15) is 10.8 Å². The van der Waals surface area contributed by atoms with Gasteiger partial charge in [0.2, 0.25) is 0 Å². The van der Waals surface area contributed by atoms with Crippen molar-refractivity contribution in [3.63, 3.8) is 0 Å². The average Bonchev–Trinajstić information content (AvgIpc) is 2.88. The largest absolute Gasteiger partial charge is 0.382 e.